The number of benzene rings is 3. The SMILES string of the molecule is COC(=O)CC1c2cccc(F)c2N=C(N2CCN(c3cccc(Br)c3)CC2)N1c1cccc(C(F)(F)F)c1. The number of esters is 1. The lowest BCUT2D eigenvalue weighted by molar-refractivity contribution is -0.141. The number of halogens is 5. The van der Waals surface area contributed by atoms with Crippen molar-refractivity contribution >= 4 is 44.9 Å². The van der Waals surface area contributed by atoms with Crippen molar-refractivity contribution in [3.63, 3.8) is 0 Å². The molecule has 2 aliphatic rings. The third-order valence-electron chi connectivity index (χ3n) is 6.89. The Bertz CT molecular complexity index is 1410. The van der Waals surface area contributed by atoms with E-state index in [4.69, 9.17) is 4.74 Å². The number of piperazine rings is 1. The Morgan fingerprint density at radius 1 is 0.974 bits per heavy atom. The number of hydrogen-bond acceptors (Lipinski definition) is 6. The minimum Gasteiger partial charge on any atom is -0.469 e. The second kappa shape index (κ2) is 10.9. The predicted molar refractivity (Wildman–Crippen MR) is 145 cm³/mol. The maximum absolute atomic E-state index is 15.1. The van der Waals surface area contributed by atoms with Crippen LogP contribution in [0.2, 0.25) is 0 Å². The van der Waals surface area contributed by atoms with Crippen molar-refractivity contribution in [2.45, 2.75) is 18.6 Å². The Balaban J connectivity index is 1.57. The molecule has 1 atom stereocenters. The standard InChI is InChI=1S/C28H25BrF4N4O2/c1-39-25(38)17-24-22-9-4-10-23(30)26(22)34-27(37(24)21-8-2-5-18(15-21)28(31,32)33)36-13-11-35(12-14-36)20-7-3-6-19(29)16-20/h2-10,15-16,24H,11-14,17H2,1H3. The molecule has 0 radical (unpaired) electrons. The molecule has 1 saturated heterocycles. The van der Waals surface area contributed by atoms with E-state index in [9.17, 15) is 18.0 Å². The van der Waals surface area contributed by atoms with Crippen LogP contribution in [0.15, 0.2) is 76.2 Å². The zero-order valence-corrected chi connectivity index (χ0v) is 22.5. The van der Waals surface area contributed by atoms with Crippen molar-refractivity contribution in [1.29, 1.82) is 0 Å². The number of methoxy groups -OCH3 is 1. The monoisotopic (exact) mass is 604 g/mol. The molecular formula is C28H25BrF4N4O2. The summed E-state index contributed by atoms with van der Waals surface area (Å²) in [5.74, 6) is -0.862. The lowest BCUT2D eigenvalue weighted by Gasteiger charge is -2.45. The van der Waals surface area contributed by atoms with E-state index in [2.05, 4.69) is 25.8 Å². The first-order chi connectivity index (χ1) is 18.7. The number of fused-ring (bicyclic) bond motifs is 1. The van der Waals surface area contributed by atoms with Crippen LogP contribution in [-0.2, 0) is 15.7 Å². The summed E-state index contributed by atoms with van der Waals surface area (Å²) in [7, 11) is 1.24. The van der Waals surface area contributed by atoms with Gasteiger partial charge in [0, 0.05) is 47.6 Å². The van der Waals surface area contributed by atoms with E-state index < -0.39 is 29.6 Å². The van der Waals surface area contributed by atoms with Crippen molar-refractivity contribution in [1.82, 2.24) is 4.90 Å². The summed E-state index contributed by atoms with van der Waals surface area (Å²) in [4.78, 5) is 22.9. The van der Waals surface area contributed by atoms with Crippen molar-refractivity contribution in [2.24, 2.45) is 4.99 Å². The predicted octanol–water partition coefficient (Wildman–Crippen LogP) is 6.54. The van der Waals surface area contributed by atoms with Gasteiger partial charge >= 0.3 is 12.1 Å². The summed E-state index contributed by atoms with van der Waals surface area (Å²) in [6, 6.07) is 16.4. The first-order valence-electron chi connectivity index (χ1n) is 12.3. The average molecular weight is 605 g/mol. The Morgan fingerprint density at radius 3 is 2.33 bits per heavy atom. The zero-order valence-electron chi connectivity index (χ0n) is 21.0. The van der Waals surface area contributed by atoms with Gasteiger partial charge in [-0.3, -0.25) is 4.79 Å². The molecule has 0 amide bonds. The van der Waals surface area contributed by atoms with Crippen LogP contribution in [0.5, 0.6) is 0 Å². The normalized spacial score (nSPS) is 17.5. The van der Waals surface area contributed by atoms with Gasteiger partial charge in [-0.25, -0.2) is 9.38 Å². The van der Waals surface area contributed by atoms with Gasteiger partial charge in [-0.1, -0.05) is 40.2 Å². The number of para-hydroxylation sites is 1. The van der Waals surface area contributed by atoms with E-state index in [1.54, 1.807) is 11.0 Å². The van der Waals surface area contributed by atoms with Crippen LogP contribution in [0.4, 0.5) is 34.6 Å². The molecule has 0 N–H and O–H groups in total. The van der Waals surface area contributed by atoms with Gasteiger partial charge in [0.25, 0.3) is 0 Å². The van der Waals surface area contributed by atoms with E-state index in [1.807, 2.05) is 29.2 Å². The molecule has 39 heavy (non-hydrogen) atoms. The molecule has 5 rings (SSSR count). The van der Waals surface area contributed by atoms with Crippen LogP contribution < -0.4 is 9.80 Å². The quantitative estimate of drug-likeness (QED) is 0.250. The Kier molecular flexibility index (Phi) is 7.53. The van der Waals surface area contributed by atoms with Crippen LogP contribution in [0.3, 0.4) is 0 Å². The fourth-order valence-corrected chi connectivity index (χ4v) is 5.37. The molecular weight excluding hydrogens is 580 g/mol. The topological polar surface area (TPSA) is 48.4 Å². The first-order valence-corrected chi connectivity index (χ1v) is 13.1. The lowest BCUT2D eigenvalue weighted by Crippen LogP contribution is -2.55. The number of hydrogen-bond donors (Lipinski definition) is 0. The smallest absolute Gasteiger partial charge is 0.416 e. The van der Waals surface area contributed by atoms with Gasteiger partial charge < -0.3 is 19.4 Å². The molecule has 2 heterocycles. The van der Waals surface area contributed by atoms with Gasteiger partial charge in [-0.2, -0.15) is 13.2 Å². The summed E-state index contributed by atoms with van der Waals surface area (Å²) < 4.78 is 62.0. The van der Waals surface area contributed by atoms with Crippen molar-refractivity contribution < 1.29 is 27.1 Å². The summed E-state index contributed by atoms with van der Waals surface area (Å²) in [5.41, 5.74) is 0.861. The van der Waals surface area contributed by atoms with E-state index in [1.165, 1.54) is 31.4 Å². The molecule has 0 spiro atoms. The fourth-order valence-electron chi connectivity index (χ4n) is 4.98. The molecule has 0 aromatic heterocycles. The molecule has 0 aliphatic carbocycles. The minimum atomic E-state index is -4.57. The molecule has 204 valence electrons. The van der Waals surface area contributed by atoms with Crippen LogP contribution in [0.1, 0.15) is 23.6 Å². The summed E-state index contributed by atoms with van der Waals surface area (Å²) in [5, 5.41) is 0. The van der Waals surface area contributed by atoms with Crippen molar-refractivity contribution in [2.75, 3.05) is 43.1 Å². The molecule has 3 aromatic carbocycles. The van der Waals surface area contributed by atoms with Crippen LogP contribution >= 0.6 is 15.9 Å². The van der Waals surface area contributed by atoms with Crippen molar-refractivity contribution in [3.8, 4) is 0 Å². The number of alkyl halides is 3. The lowest BCUT2D eigenvalue weighted by atomic mass is 9.97. The molecule has 1 fully saturated rings. The maximum Gasteiger partial charge on any atom is 0.416 e. The number of guanidine groups is 1. The van der Waals surface area contributed by atoms with Gasteiger partial charge in [0.1, 0.15) is 11.5 Å². The van der Waals surface area contributed by atoms with E-state index in [0.717, 1.165) is 22.3 Å². The first kappa shape index (κ1) is 27.0. The highest BCUT2D eigenvalue weighted by molar-refractivity contribution is 9.10. The van der Waals surface area contributed by atoms with Gasteiger partial charge in [0.05, 0.1) is 25.1 Å². The van der Waals surface area contributed by atoms with Gasteiger partial charge in [0.2, 0.25) is 5.96 Å². The van der Waals surface area contributed by atoms with Crippen LogP contribution in [0.25, 0.3) is 0 Å². The molecule has 0 saturated carbocycles. The second-order valence-corrected chi connectivity index (χ2v) is 10.2. The molecule has 0 bridgehead atoms. The summed E-state index contributed by atoms with van der Waals surface area (Å²) in [6.07, 6.45) is -4.78. The van der Waals surface area contributed by atoms with Crippen LogP contribution in [0, 0.1) is 5.82 Å². The highest BCUT2D eigenvalue weighted by Gasteiger charge is 2.39. The Labute approximate surface area is 231 Å². The number of carbonyl (C=O) groups is 1. The maximum atomic E-state index is 15.1. The molecule has 1 unspecified atom stereocenters. The average Bonchev–Trinajstić information content (AvgIpc) is 2.93. The summed E-state index contributed by atoms with van der Waals surface area (Å²) >= 11 is 3.49. The number of carbonyl (C=O) groups excluding carboxylic acids is 1. The van der Waals surface area contributed by atoms with E-state index >= 15 is 4.39 Å². The van der Waals surface area contributed by atoms with Crippen LogP contribution in [-0.4, -0.2) is 50.1 Å². The van der Waals surface area contributed by atoms with Crippen molar-refractivity contribution in [3.05, 3.63) is 88.1 Å². The largest absolute Gasteiger partial charge is 0.469 e. The Hall–Kier alpha value is -3.60. The highest BCUT2D eigenvalue weighted by Crippen LogP contribution is 2.43. The highest BCUT2D eigenvalue weighted by atomic mass is 79.9. The number of anilines is 2. The summed E-state index contributed by atoms with van der Waals surface area (Å²) in [6.45, 7) is 2.18. The third-order valence-corrected chi connectivity index (χ3v) is 7.38. The number of rotatable bonds is 4. The van der Waals surface area contributed by atoms with Gasteiger partial charge in [-0.05, 0) is 42.5 Å². The number of ether oxygens (including phenoxy) is 1. The number of nitrogens with zero attached hydrogens (tertiary/aromatic N) is 4. The Morgan fingerprint density at radius 2 is 1.64 bits per heavy atom. The van der Waals surface area contributed by atoms with E-state index in [-0.39, 0.29) is 23.8 Å². The molecule has 3 aromatic rings. The second-order valence-electron chi connectivity index (χ2n) is 9.26. The van der Waals surface area contributed by atoms with Gasteiger partial charge in [0.15, 0.2) is 0 Å². The van der Waals surface area contributed by atoms with E-state index in [0.29, 0.717) is 31.7 Å². The number of aliphatic imine (C=N–C) groups is 1. The molecule has 2 aliphatic heterocycles. The van der Waals surface area contributed by atoms with Gasteiger partial charge in [-0.15, -0.1) is 0 Å². The molecule has 6 nitrogen and oxygen atoms in total. The third kappa shape index (κ3) is 5.59. The zero-order chi connectivity index (χ0) is 27.7. The molecule has 11 heteroatoms. The fraction of sp³-hybridized carbons (Fsp3) is 0.286. The minimum absolute atomic E-state index is 0.0686.